The number of aliphatic hydroxyl groups is 1. The van der Waals surface area contributed by atoms with Crippen LogP contribution in [0.2, 0.25) is 0 Å². The number of fused-ring (bicyclic) bond motifs is 1. The van der Waals surface area contributed by atoms with Crippen molar-refractivity contribution in [2.24, 2.45) is 0 Å². The van der Waals surface area contributed by atoms with Crippen LogP contribution in [0.1, 0.15) is 42.0 Å². The van der Waals surface area contributed by atoms with E-state index in [0.29, 0.717) is 12.8 Å². The first-order valence-corrected chi connectivity index (χ1v) is 7.91. The van der Waals surface area contributed by atoms with Crippen LogP contribution < -0.4 is 4.74 Å². The Morgan fingerprint density at radius 2 is 2.00 bits per heavy atom. The fourth-order valence-corrected chi connectivity index (χ4v) is 2.92. The molecule has 120 valence electrons. The summed E-state index contributed by atoms with van der Waals surface area (Å²) in [6.45, 7) is 4.02. The maximum atomic E-state index is 10.5. The average molecular weight is 310 g/mol. The second-order valence-corrected chi connectivity index (χ2v) is 5.79. The quantitative estimate of drug-likeness (QED) is 0.782. The number of aryl methyl sites for hydroxylation is 1. The van der Waals surface area contributed by atoms with E-state index in [1.807, 2.05) is 60.8 Å². The molecule has 1 atom stereocenters. The van der Waals surface area contributed by atoms with Crippen molar-refractivity contribution >= 4 is 5.65 Å². The van der Waals surface area contributed by atoms with Crippen molar-refractivity contribution in [1.29, 1.82) is 0 Å². The fraction of sp³-hybridized carbons (Fsp3) is 0.316. The number of aromatic nitrogens is 2. The molecule has 0 radical (unpaired) electrons. The summed E-state index contributed by atoms with van der Waals surface area (Å²) in [5.41, 5.74) is 4.84. The van der Waals surface area contributed by atoms with Gasteiger partial charge in [-0.15, -0.1) is 0 Å². The van der Waals surface area contributed by atoms with Gasteiger partial charge in [-0.1, -0.05) is 31.2 Å². The van der Waals surface area contributed by atoms with Crippen LogP contribution in [0.4, 0.5) is 0 Å². The van der Waals surface area contributed by atoms with Gasteiger partial charge in [0.25, 0.3) is 0 Å². The maximum Gasteiger partial charge on any atom is 0.137 e. The van der Waals surface area contributed by atoms with Gasteiger partial charge in [-0.3, -0.25) is 0 Å². The van der Waals surface area contributed by atoms with Gasteiger partial charge in [0.05, 0.1) is 24.6 Å². The Bertz CT molecular complexity index is 823. The molecule has 3 aromatic rings. The Morgan fingerprint density at radius 1 is 1.22 bits per heavy atom. The summed E-state index contributed by atoms with van der Waals surface area (Å²) in [5, 5.41) is 10.5. The molecule has 0 saturated carbocycles. The predicted molar refractivity (Wildman–Crippen MR) is 91.0 cm³/mol. The number of aliphatic hydroxyl groups excluding tert-OH is 1. The Labute approximate surface area is 136 Å². The molecule has 0 saturated heterocycles. The lowest BCUT2D eigenvalue weighted by molar-refractivity contribution is 0.167. The molecule has 2 aromatic heterocycles. The van der Waals surface area contributed by atoms with Crippen molar-refractivity contribution in [3.8, 4) is 5.75 Å². The number of hydrogen-bond donors (Lipinski definition) is 1. The third-order valence-electron chi connectivity index (χ3n) is 4.13. The molecule has 0 fully saturated rings. The number of nitrogens with zero attached hydrogens (tertiary/aromatic N) is 2. The highest BCUT2D eigenvalue weighted by Crippen LogP contribution is 2.27. The van der Waals surface area contributed by atoms with Crippen LogP contribution in [-0.4, -0.2) is 21.6 Å². The summed E-state index contributed by atoms with van der Waals surface area (Å²) in [4.78, 5) is 4.74. The Kier molecular flexibility index (Phi) is 4.35. The van der Waals surface area contributed by atoms with Crippen LogP contribution >= 0.6 is 0 Å². The number of rotatable bonds is 5. The molecule has 4 heteroatoms. The maximum absolute atomic E-state index is 10.5. The van der Waals surface area contributed by atoms with Gasteiger partial charge in [0, 0.05) is 18.2 Å². The number of hydrogen-bond acceptors (Lipinski definition) is 3. The molecule has 0 amide bonds. The Morgan fingerprint density at radius 3 is 2.74 bits per heavy atom. The number of methoxy groups -OCH3 is 1. The molecular formula is C19H22N2O2. The second-order valence-electron chi connectivity index (χ2n) is 5.79. The van der Waals surface area contributed by atoms with Crippen LogP contribution in [0.5, 0.6) is 5.75 Å². The number of para-hydroxylation sites is 1. The van der Waals surface area contributed by atoms with Gasteiger partial charge < -0.3 is 14.2 Å². The minimum Gasteiger partial charge on any atom is -0.496 e. The highest BCUT2D eigenvalue weighted by Gasteiger charge is 2.19. The van der Waals surface area contributed by atoms with E-state index in [2.05, 4.69) is 0 Å². The van der Waals surface area contributed by atoms with Gasteiger partial charge in [-0.05, 0) is 31.0 Å². The first kappa shape index (κ1) is 15.6. The van der Waals surface area contributed by atoms with E-state index in [4.69, 9.17) is 9.72 Å². The zero-order valence-electron chi connectivity index (χ0n) is 13.8. The van der Waals surface area contributed by atoms with Crippen LogP contribution in [0.15, 0.2) is 42.6 Å². The zero-order valence-corrected chi connectivity index (χ0v) is 13.8. The van der Waals surface area contributed by atoms with E-state index in [1.165, 1.54) is 0 Å². The summed E-state index contributed by atoms with van der Waals surface area (Å²) in [5.74, 6) is 0.845. The monoisotopic (exact) mass is 310 g/mol. The van der Waals surface area contributed by atoms with E-state index in [-0.39, 0.29) is 0 Å². The molecular weight excluding hydrogens is 288 g/mol. The van der Waals surface area contributed by atoms with E-state index in [9.17, 15) is 5.11 Å². The SMILES string of the molecule is CCC(O)c1c(Cc2ccccc2OC)nc2ccc(C)cn12. The van der Waals surface area contributed by atoms with Crippen molar-refractivity contribution in [2.45, 2.75) is 32.8 Å². The number of pyridine rings is 1. The van der Waals surface area contributed by atoms with E-state index in [0.717, 1.165) is 33.9 Å². The molecule has 1 unspecified atom stereocenters. The van der Waals surface area contributed by atoms with Crippen LogP contribution in [0.25, 0.3) is 5.65 Å². The van der Waals surface area contributed by atoms with Crippen molar-refractivity contribution in [1.82, 2.24) is 9.38 Å². The first-order chi connectivity index (χ1) is 11.1. The summed E-state index contributed by atoms with van der Waals surface area (Å²) in [7, 11) is 1.67. The Balaban J connectivity index is 2.13. The molecule has 0 bridgehead atoms. The molecule has 0 spiro atoms. The topological polar surface area (TPSA) is 46.8 Å². The summed E-state index contributed by atoms with van der Waals surface area (Å²) < 4.78 is 7.45. The molecule has 1 N–H and O–H groups in total. The molecule has 0 aliphatic heterocycles. The molecule has 1 aromatic carbocycles. The zero-order chi connectivity index (χ0) is 16.4. The third-order valence-corrected chi connectivity index (χ3v) is 4.13. The van der Waals surface area contributed by atoms with Crippen molar-refractivity contribution < 1.29 is 9.84 Å². The molecule has 0 aliphatic carbocycles. The average Bonchev–Trinajstić information content (AvgIpc) is 2.91. The lowest BCUT2D eigenvalue weighted by atomic mass is 10.0. The van der Waals surface area contributed by atoms with Crippen LogP contribution in [-0.2, 0) is 6.42 Å². The normalized spacial score (nSPS) is 12.5. The van der Waals surface area contributed by atoms with Crippen molar-refractivity contribution in [3.63, 3.8) is 0 Å². The van der Waals surface area contributed by atoms with Crippen molar-refractivity contribution in [3.05, 3.63) is 65.1 Å². The second kappa shape index (κ2) is 6.42. The molecule has 0 aliphatic rings. The molecule has 4 nitrogen and oxygen atoms in total. The molecule has 3 rings (SSSR count). The van der Waals surface area contributed by atoms with Gasteiger partial charge >= 0.3 is 0 Å². The van der Waals surface area contributed by atoms with E-state index < -0.39 is 6.10 Å². The summed E-state index contributed by atoms with van der Waals surface area (Å²) >= 11 is 0. The van der Waals surface area contributed by atoms with Crippen LogP contribution in [0, 0.1) is 6.92 Å². The van der Waals surface area contributed by atoms with Gasteiger partial charge in [-0.2, -0.15) is 0 Å². The Hall–Kier alpha value is -2.33. The lowest BCUT2D eigenvalue weighted by Crippen LogP contribution is -2.05. The predicted octanol–water partition coefficient (Wildman–Crippen LogP) is 3.69. The number of ether oxygens (including phenoxy) is 1. The lowest BCUT2D eigenvalue weighted by Gasteiger charge is -2.12. The largest absolute Gasteiger partial charge is 0.496 e. The number of benzene rings is 1. The highest BCUT2D eigenvalue weighted by atomic mass is 16.5. The van der Waals surface area contributed by atoms with Gasteiger partial charge in [0.15, 0.2) is 0 Å². The smallest absolute Gasteiger partial charge is 0.137 e. The highest BCUT2D eigenvalue weighted by molar-refractivity contribution is 5.47. The first-order valence-electron chi connectivity index (χ1n) is 7.91. The van der Waals surface area contributed by atoms with Gasteiger partial charge in [0.1, 0.15) is 11.4 Å². The summed E-state index contributed by atoms with van der Waals surface area (Å²) in [6, 6.07) is 12.0. The van der Waals surface area contributed by atoms with Gasteiger partial charge in [0.2, 0.25) is 0 Å². The van der Waals surface area contributed by atoms with Gasteiger partial charge in [-0.25, -0.2) is 4.98 Å². The summed E-state index contributed by atoms with van der Waals surface area (Å²) in [6.07, 6.45) is 2.79. The standard InChI is InChI=1S/C19H22N2O2/c1-4-16(22)19-15(11-14-7-5-6-8-17(14)23-3)20-18-10-9-13(2)12-21(18)19/h5-10,12,16,22H,4,11H2,1-3H3. The minimum atomic E-state index is -0.531. The minimum absolute atomic E-state index is 0.531. The number of imidazole rings is 1. The fourth-order valence-electron chi connectivity index (χ4n) is 2.92. The molecule has 2 heterocycles. The molecule has 23 heavy (non-hydrogen) atoms. The third kappa shape index (κ3) is 2.94. The van der Waals surface area contributed by atoms with E-state index >= 15 is 0 Å². The van der Waals surface area contributed by atoms with E-state index in [1.54, 1.807) is 7.11 Å². The van der Waals surface area contributed by atoms with Crippen molar-refractivity contribution in [2.75, 3.05) is 7.11 Å². The van der Waals surface area contributed by atoms with Crippen LogP contribution in [0.3, 0.4) is 0 Å².